The second-order valence-corrected chi connectivity index (χ2v) is 14.5. The van der Waals surface area contributed by atoms with Crippen molar-refractivity contribution in [1.82, 2.24) is 31.9 Å². The summed E-state index contributed by atoms with van der Waals surface area (Å²) in [6.45, 7) is 3.69. The van der Waals surface area contributed by atoms with Gasteiger partial charge in [-0.05, 0) is 48.9 Å². The maximum atomic E-state index is 14.0. The number of aliphatic hydroxyl groups is 1. The van der Waals surface area contributed by atoms with Crippen LogP contribution in [0.3, 0.4) is 0 Å². The Labute approximate surface area is 352 Å². The number of phenols is 1. The lowest BCUT2D eigenvalue weighted by Gasteiger charge is -2.27. The summed E-state index contributed by atoms with van der Waals surface area (Å²) in [5.74, 6) is -8.63. The van der Waals surface area contributed by atoms with Crippen molar-refractivity contribution in [2.75, 3.05) is 13.2 Å². The third-order valence-electron chi connectivity index (χ3n) is 9.11. The maximum absolute atomic E-state index is 14.0. The average molecular weight is 856 g/mol. The Hall–Kier alpha value is -6.81. The second kappa shape index (κ2) is 25.0. The quantitative estimate of drug-likeness (QED) is 0.0258. The number of guanidine groups is 1. The fourth-order valence-electron chi connectivity index (χ4n) is 5.55. The van der Waals surface area contributed by atoms with E-state index < -0.39 is 103 Å². The van der Waals surface area contributed by atoms with Gasteiger partial charge in [-0.25, -0.2) is 0 Å². The van der Waals surface area contributed by atoms with E-state index in [2.05, 4.69) is 36.9 Å². The highest BCUT2D eigenvalue weighted by molar-refractivity contribution is 5.98. The van der Waals surface area contributed by atoms with Crippen LogP contribution < -0.4 is 54.8 Å². The second-order valence-electron chi connectivity index (χ2n) is 14.5. The van der Waals surface area contributed by atoms with Gasteiger partial charge in [0.2, 0.25) is 41.4 Å². The molecule has 0 radical (unpaired) electrons. The van der Waals surface area contributed by atoms with Gasteiger partial charge in [-0.1, -0.05) is 56.3 Å². The summed E-state index contributed by atoms with van der Waals surface area (Å²) in [6, 6.07) is 4.04. The number of aliphatic imine (C=N–C) groups is 1. The van der Waals surface area contributed by atoms with Gasteiger partial charge in [0, 0.05) is 19.4 Å². The highest BCUT2D eigenvalue weighted by atomic mass is 16.4. The molecule has 17 N–H and O–H groups in total. The van der Waals surface area contributed by atoms with E-state index in [-0.39, 0.29) is 49.9 Å². The van der Waals surface area contributed by atoms with E-state index >= 15 is 0 Å². The monoisotopic (exact) mass is 855 g/mol. The Morgan fingerprint density at radius 2 is 1.08 bits per heavy atom. The van der Waals surface area contributed by atoms with Crippen molar-refractivity contribution in [2.45, 2.75) is 95.2 Å². The van der Waals surface area contributed by atoms with Crippen LogP contribution in [0.25, 0.3) is 0 Å². The van der Waals surface area contributed by atoms with Crippen LogP contribution in [0, 0.1) is 5.92 Å². The van der Waals surface area contributed by atoms with Crippen molar-refractivity contribution < 1.29 is 53.7 Å². The number of aliphatic carboxylic acids is 1. The van der Waals surface area contributed by atoms with E-state index in [1.54, 1.807) is 44.2 Å². The number of phenolic OH excluding ortho intramolecular Hbond substituents is 1. The molecule has 0 heterocycles. The number of carboxylic acids is 1. The lowest BCUT2D eigenvalue weighted by Crippen LogP contribution is -2.61. The third-order valence-corrected chi connectivity index (χ3v) is 9.11. The predicted octanol–water partition coefficient (Wildman–Crippen LogP) is -3.90. The molecule has 334 valence electrons. The van der Waals surface area contributed by atoms with Crippen LogP contribution in [0.15, 0.2) is 59.6 Å². The first kappa shape index (κ1) is 50.3. The molecule has 0 unspecified atom stereocenters. The zero-order valence-electron chi connectivity index (χ0n) is 34.1. The largest absolute Gasteiger partial charge is 0.508 e. The number of aromatic hydroxyl groups is 1. The molecule has 22 heteroatoms. The summed E-state index contributed by atoms with van der Waals surface area (Å²) in [4.78, 5) is 109. The number of primary amides is 1. The summed E-state index contributed by atoms with van der Waals surface area (Å²) in [6.07, 6.45) is -1.18. The number of hydrogen-bond donors (Lipinski definition) is 13. The fraction of sp³-hybridized carbons (Fsp3) is 0.462. The van der Waals surface area contributed by atoms with Crippen LogP contribution in [0.5, 0.6) is 5.75 Å². The molecule has 0 saturated heterocycles. The summed E-state index contributed by atoms with van der Waals surface area (Å²) in [7, 11) is 0. The average Bonchev–Trinajstić information content (AvgIpc) is 3.20. The normalized spacial score (nSPS) is 14.3. The summed E-state index contributed by atoms with van der Waals surface area (Å²) < 4.78 is 0. The molecule has 61 heavy (non-hydrogen) atoms. The van der Waals surface area contributed by atoms with Gasteiger partial charge in [-0.3, -0.25) is 43.3 Å². The molecule has 0 aliphatic rings. The number of carboxylic acid groups (broad SMARTS) is 1. The maximum Gasteiger partial charge on any atom is 0.325 e. The van der Waals surface area contributed by atoms with Crippen LogP contribution in [-0.2, 0) is 51.2 Å². The van der Waals surface area contributed by atoms with Crippen molar-refractivity contribution >= 4 is 53.3 Å². The third kappa shape index (κ3) is 17.9. The number of amides is 7. The Morgan fingerprint density at radius 1 is 0.623 bits per heavy atom. The van der Waals surface area contributed by atoms with E-state index in [4.69, 9.17) is 22.9 Å². The Morgan fingerprint density at radius 3 is 1.59 bits per heavy atom. The number of hydrogen-bond acceptors (Lipinski definition) is 12. The number of nitrogens with zero attached hydrogens (tertiary/aromatic N) is 1. The summed E-state index contributed by atoms with van der Waals surface area (Å²) >= 11 is 0. The van der Waals surface area contributed by atoms with E-state index in [9.17, 15) is 53.7 Å². The van der Waals surface area contributed by atoms with Crippen molar-refractivity contribution in [3.8, 4) is 5.75 Å². The lowest BCUT2D eigenvalue weighted by atomic mass is 10.0. The van der Waals surface area contributed by atoms with Crippen molar-refractivity contribution in [3.05, 3.63) is 65.7 Å². The van der Waals surface area contributed by atoms with Gasteiger partial charge in [0.05, 0.1) is 19.1 Å². The van der Waals surface area contributed by atoms with E-state index in [1.807, 2.05) is 0 Å². The number of rotatable bonds is 25. The summed E-state index contributed by atoms with van der Waals surface area (Å²) in [5, 5.41) is 43.5. The smallest absolute Gasteiger partial charge is 0.325 e. The number of aliphatic hydroxyl groups excluding tert-OH is 1. The molecule has 22 nitrogen and oxygen atoms in total. The van der Waals surface area contributed by atoms with Crippen molar-refractivity contribution in [1.29, 1.82) is 0 Å². The molecule has 0 fully saturated rings. The minimum Gasteiger partial charge on any atom is -0.508 e. The van der Waals surface area contributed by atoms with Crippen LogP contribution in [0.4, 0.5) is 0 Å². The highest BCUT2D eigenvalue weighted by Gasteiger charge is 2.34. The Kier molecular flexibility index (Phi) is 20.6. The molecule has 7 amide bonds. The minimum absolute atomic E-state index is 0.00779. The van der Waals surface area contributed by atoms with Crippen LogP contribution >= 0.6 is 0 Å². The topological polar surface area (TPSA) is 386 Å². The predicted molar refractivity (Wildman–Crippen MR) is 220 cm³/mol. The molecular formula is C39H57N11O11. The number of nitrogens with one attached hydrogen (secondary N) is 6. The highest BCUT2D eigenvalue weighted by Crippen LogP contribution is 2.13. The van der Waals surface area contributed by atoms with Gasteiger partial charge in [0.15, 0.2) is 5.96 Å². The molecule has 0 aromatic heterocycles. The zero-order chi connectivity index (χ0) is 45.8. The van der Waals surface area contributed by atoms with Gasteiger partial charge < -0.3 is 70.2 Å². The van der Waals surface area contributed by atoms with Crippen molar-refractivity contribution in [3.63, 3.8) is 0 Å². The van der Waals surface area contributed by atoms with Gasteiger partial charge in [0.25, 0.3) is 0 Å². The number of benzene rings is 2. The minimum atomic E-state index is -1.74. The zero-order valence-corrected chi connectivity index (χ0v) is 34.1. The molecule has 2 rings (SSSR count). The van der Waals surface area contributed by atoms with Crippen molar-refractivity contribution in [2.24, 2.45) is 33.8 Å². The van der Waals surface area contributed by atoms with Crippen LogP contribution in [0.2, 0.25) is 0 Å². The Balaban J connectivity index is 2.44. The van der Waals surface area contributed by atoms with Gasteiger partial charge >= 0.3 is 5.97 Å². The summed E-state index contributed by atoms with van der Waals surface area (Å²) in [5.41, 5.74) is 23.1. The first-order chi connectivity index (χ1) is 28.7. The van der Waals surface area contributed by atoms with E-state index in [1.165, 1.54) is 31.2 Å². The van der Waals surface area contributed by atoms with E-state index in [0.717, 1.165) is 0 Å². The van der Waals surface area contributed by atoms with Gasteiger partial charge in [-0.2, -0.15) is 0 Å². The van der Waals surface area contributed by atoms with Gasteiger partial charge in [0.1, 0.15) is 42.0 Å². The van der Waals surface area contributed by atoms with Crippen LogP contribution in [-0.4, -0.2) is 124 Å². The molecule has 0 bridgehead atoms. The number of carbonyl (C=O) groups excluding carboxylic acids is 7. The SMILES string of the molecule is CC(C)[C@H](N)C(=O)N[C@@H](CO)C(=O)N[C@@H](CCCN=C(N)N)C(=O)N[C@@H](CC(N)=O)C(=O)N[C@@H](Cc1ccccc1)C(=O)N[C@@H](Cc1ccc(O)cc1)C(=O)N[C@@H](C)C(=O)O. The first-order valence-electron chi connectivity index (χ1n) is 19.3. The van der Waals surface area contributed by atoms with Crippen LogP contribution in [0.1, 0.15) is 51.2 Å². The molecule has 0 saturated carbocycles. The fourth-order valence-corrected chi connectivity index (χ4v) is 5.55. The van der Waals surface area contributed by atoms with E-state index in [0.29, 0.717) is 11.1 Å². The molecule has 2 aromatic carbocycles. The molecule has 0 aliphatic heterocycles. The number of carbonyl (C=O) groups is 8. The molecule has 0 spiro atoms. The molecule has 0 aliphatic carbocycles. The Bertz CT molecular complexity index is 1860. The van der Waals surface area contributed by atoms with Gasteiger partial charge in [-0.15, -0.1) is 0 Å². The first-order valence-corrected chi connectivity index (χ1v) is 19.3. The molecular weight excluding hydrogens is 798 g/mol. The lowest BCUT2D eigenvalue weighted by molar-refractivity contribution is -0.141. The standard InChI is InChI=1S/C39H57N11O11/c1-20(2)31(41)37(59)50-29(19-51)36(58)46-25(10-7-15-44-39(42)43)32(54)49-28(18-30(40)53)35(57)48-27(16-22-8-5-4-6-9-22)34(56)47-26(33(55)45-21(3)38(60)61)17-23-11-13-24(52)14-12-23/h4-6,8-9,11-14,20-21,25-29,31,51-52H,7,10,15-19,41H2,1-3H3,(H2,40,53)(H,45,55)(H,46,58)(H,47,56)(H,48,57)(H,49,54)(H,50,59)(H,60,61)(H4,42,43,44)/t21-,25-,26-,27-,28-,29-,31-/m0/s1. The number of nitrogens with two attached hydrogens (primary N) is 4. The molecule has 7 atom stereocenters. The molecule has 2 aromatic rings.